The minimum Gasteiger partial charge on any atom is -0.398 e. The number of likely N-dealkylation sites (N-methyl/N-ethyl adjacent to an activating group) is 2. The lowest BCUT2D eigenvalue weighted by atomic mass is 10.1. The van der Waals surface area contributed by atoms with Crippen LogP contribution in [0.4, 0.5) is 5.69 Å². The number of carbonyl (C=O) groups is 1. The first-order valence-electron chi connectivity index (χ1n) is 7.08. The molecule has 1 unspecified atom stereocenters. The van der Waals surface area contributed by atoms with Crippen LogP contribution >= 0.6 is 15.9 Å². The van der Waals surface area contributed by atoms with Gasteiger partial charge >= 0.3 is 0 Å². The fourth-order valence-electron chi connectivity index (χ4n) is 2.84. The summed E-state index contributed by atoms with van der Waals surface area (Å²) in [7, 11) is 1.87. The molecule has 1 amide bonds. The van der Waals surface area contributed by atoms with Gasteiger partial charge in [-0.2, -0.15) is 0 Å². The van der Waals surface area contributed by atoms with Crippen molar-refractivity contribution in [2.45, 2.75) is 25.8 Å². The van der Waals surface area contributed by atoms with Gasteiger partial charge < -0.3 is 10.6 Å². The van der Waals surface area contributed by atoms with E-state index in [1.54, 1.807) is 11.0 Å². The molecule has 0 radical (unpaired) electrons. The minimum atomic E-state index is 0.0205. The molecule has 0 aromatic heterocycles. The van der Waals surface area contributed by atoms with E-state index in [9.17, 15) is 4.79 Å². The molecule has 2 N–H and O–H groups in total. The van der Waals surface area contributed by atoms with Gasteiger partial charge in [-0.15, -0.1) is 0 Å². The normalized spacial score (nSPS) is 19.2. The highest BCUT2D eigenvalue weighted by Gasteiger charge is 2.26. The third-order valence-electron chi connectivity index (χ3n) is 4.00. The Hall–Kier alpha value is -1.07. The Kier molecular flexibility index (Phi) is 5.05. The number of hydrogen-bond acceptors (Lipinski definition) is 3. The van der Waals surface area contributed by atoms with Crippen molar-refractivity contribution in [1.29, 1.82) is 0 Å². The number of amides is 1. The van der Waals surface area contributed by atoms with Gasteiger partial charge in [0.05, 0.1) is 10.0 Å². The van der Waals surface area contributed by atoms with Crippen LogP contribution in [0.2, 0.25) is 0 Å². The van der Waals surface area contributed by atoms with Crippen LogP contribution in [0.25, 0.3) is 0 Å². The number of anilines is 1. The lowest BCUT2D eigenvalue weighted by Gasteiger charge is -2.28. The highest BCUT2D eigenvalue weighted by molar-refractivity contribution is 9.10. The molecule has 1 aliphatic heterocycles. The van der Waals surface area contributed by atoms with Gasteiger partial charge in [0, 0.05) is 25.3 Å². The molecule has 1 aliphatic rings. The molecule has 1 heterocycles. The first-order valence-corrected chi connectivity index (χ1v) is 7.87. The van der Waals surface area contributed by atoms with Crippen LogP contribution in [0.15, 0.2) is 22.7 Å². The van der Waals surface area contributed by atoms with Gasteiger partial charge in [-0.1, -0.05) is 13.0 Å². The standard InChI is InChI=1S/C15H22BrN3O/c1-3-19-9-5-6-11(19)10-18(2)15(20)12-7-4-8-13(17)14(12)16/h4,7-8,11H,3,5-6,9-10,17H2,1-2H3. The maximum atomic E-state index is 12.5. The number of carbonyl (C=O) groups excluding carboxylic acids is 1. The number of halogens is 1. The van der Waals surface area contributed by atoms with Gasteiger partial charge in [0.25, 0.3) is 5.91 Å². The molecule has 1 aromatic rings. The SMILES string of the molecule is CCN1CCCC1CN(C)C(=O)c1cccc(N)c1Br. The summed E-state index contributed by atoms with van der Waals surface area (Å²) in [6, 6.07) is 5.89. The zero-order valence-corrected chi connectivity index (χ0v) is 13.7. The molecule has 5 heteroatoms. The van der Waals surface area contributed by atoms with Crippen molar-refractivity contribution in [2.75, 3.05) is 32.4 Å². The number of rotatable bonds is 4. The van der Waals surface area contributed by atoms with E-state index >= 15 is 0 Å². The predicted octanol–water partition coefficient (Wildman–Crippen LogP) is 2.59. The molecule has 0 saturated carbocycles. The van der Waals surface area contributed by atoms with E-state index in [1.165, 1.54) is 12.8 Å². The second-order valence-corrected chi connectivity index (χ2v) is 6.11. The van der Waals surface area contributed by atoms with Crippen LogP contribution in [0.1, 0.15) is 30.1 Å². The maximum absolute atomic E-state index is 12.5. The van der Waals surface area contributed by atoms with E-state index in [0.29, 0.717) is 21.8 Å². The zero-order valence-electron chi connectivity index (χ0n) is 12.1. The van der Waals surface area contributed by atoms with Crippen molar-refractivity contribution in [3.63, 3.8) is 0 Å². The lowest BCUT2D eigenvalue weighted by molar-refractivity contribution is 0.0754. The Labute approximate surface area is 129 Å². The number of nitrogens with two attached hydrogens (primary N) is 1. The molecule has 4 nitrogen and oxygen atoms in total. The second kappa shape index (κ2) is 6.59. The van der Waals surface area contributed by atoms with E-state index in [2.05, 4.69) is 27.8 Å². The molecule has 1 fully saturated rings. The molecule has 1 saturated heterocycles. The fourth-order valence-corrected chi connectivity index (χ4v) is 3.27. The van der Waals surface area contributed by atoms with E-state index in [1.807, 2.05) is 19.2 Å². The summed E-state index contributed by atoms with van der Waals surface area (Å²) in [5.74, 6) is 0.0205. The Balaban J connectivity index is 2.07. The minimum absolute atomic E-state index is 0.0205. The molecular formula is C15H22BrN3O. The highest BCUT2D eigenvalue weighted by Crippen LogP contribution is 2.25. The largest absolute Gasteiger partial charge is 0.398 e. The van der Waals surface area contributed by atoms with Crippen molar-refractivity contribution < 1.29 is 4.79 Å². The van der Waals surface area contributed by atoms with E-state index < -0.39 is 0 Å². The van der Waals surface area contributed by atoms with Gasteiger partial charge in [-0.05, 0) is 54.0 Å². The average Bonchev–Trinajstić information content (AvgIpc) is 2.88. The van der Waals surface area contributed by atoms with Crippen molar-refractivity contribution in [3.05, 3.63) is 28.2 Å². The van der Waals surface area contributed by atoms with Crippen molar-refractivity contribution in [1.82, 2.24) is 9.80 Å². The van der Waals surface area contributed by atoms with Crippen molar-refractivity contribution >= 4 is 27.5 Å². The Morgan fingerprint density at radius 2 is 2.30 bits per heavy atom. The van der Waals surface area contributed by atoms with Crippen molar-refractivity contribution in [3.8, 4) is 0 Å². The van der Waals surface area contributed by atoms with Gasteiger partial charge in [0.15, 0.2) is 0 Å². The molecule has 0 aliphatic carbocycles. The molecule has 1 atom stereocenters. The molecule has 1 aromatic carbocycles. The smallest absolute Gasteiger partial charge is 0.254 e. The van der Waals surface area contributed by atoms with Crippen LogP contribution < -0.4 is 5.73 Å². The Bertz CT molecular complexity index is 492. The number of benzene rings is 1. The molecule has 2 rings (SSSR count). The van der Waals surface area contributed by atoms with Gasteiger partial charge in [-0.3, -0.25) is 9.69 Å². The number of nitrogen functional groups attached to an aromatic ring is 1. The van der Waals surface area contributed by atoms with Crippen molar-refractivity contribution in [2.24, 2.45) is 0 Å². The summed E-state index contributed by atoms with van der Waals surface area (Å²) in [5, 5.41) is 0. The topological polar surface area (TPSA) is 49.6 Å². The fraction of sp³-hybridized carbons (Fsp3) is 0.533. The maximum Gasteiger partial charge on any atom is 0.254 e. The number of nitrogens with zero attached hydrogens (tertiary/aromatic N) is 2. The van der Waals surface area contributed by atoms with Gasteiger partial charge in [0.1, 0.15) is 0 Å². The van der Waals surface area contributed by atoms with E-state index in [-0.39, 0.29) is 5.91 Å². The first kappa shape index (κ1) is 15.3. The summed E-state index contributed by atoms with van der Waals surface area (Å²) in [6.45, 7) is 5.14. The summed E-state index contributed by atoms with van der Waals surface area (Å²) >= 11 is 3.40. The second-order valence-electron chi connectivity index (χ2n) is 5.32. The predicted molar refractivity (Wildman–Crippen MR) is 85.8 cm³/mol. The summed E-state index contributed by atoms with van der Waals surface area (Å²) < 4.78 is 0.690. The monoisotopic (exact) mass is 339 g/mol. The van der Waals surface area contributed by atoms with Crippen LogP contribution in [-0.4, -0.2) is 48.4 Å². The molecule has 110 valence electrons. The van der Waals surface area contributed by atoms with Crippen LogP contribution in [-0.2, 0) is 0 Å². The third kappa shape index (κ3) is 3.15. The average molecular weight is 340 g/mol. The summed E-state index contributed by atoms with van der Waals surface area (Å²) in [5.41, 5.74) is 7.07. The molecule has 20 heavy (non-hydrogen) atoms. The van der Waals surface area contributed by atoms with Gasteiger partial charge in [0.2, 0.25) is 0 Å². The lowest BCUT2D eigenvalue weighted by Crippen LogP contribution is -2.41. The quantitative estimate of drug-likeness (QED) is 0.857. The van der Waals surface area contributed by atoms with Crippen LogP contribution in [0, 0.1) is 0 Å². The Morgan fingerprint density at radius 3 is 3.00 bits per heavy atom. The molecular weight excluding hydrogens is 318 g/mol. The number of likely N-dealkylation sites (tertiary alicyclic amines) is 1. The first-order chi connectivity index (χ1) is 9.54. The summed E-state index contributed by atoms with van der Waals surface area (Å²) in [6.07, 6.45) is 2.39. The van der Waals surface area contributed by atoms with Crippen LogP contribution in [0.3, 0.4) is 0 Å². The van der Waals surface area contributed by atoms with E-state index in [0.717, 1.165) is 19.6 Å². The van der Waals surface area contributed by atoms with E-state index in [4.69, 9.17) is 5.73 Å². The zero-order chi connectivity index (χ0) is 14.7. The number of hydrogen-bond donors (Lipinski definition) is 1. The molecule has 0 spiro atoms. The summed E-state index contributed by atoms with van der Waals surface area (Å²) in [4.78, 5) is 16.8. The van der Waals surface area contributed by atoms with Crippen LogP contribution in [0.5, 0.6) is 0 Å². The van der Waals surface area contributed by atoms with Gasteiger partial charge in [-0.25, -0.2) is 0 Å². The third-order valence-corrected chi connectivity index (χ3v) is 4.88. The highest BCUT2D eigenvalue weighted by atomic mass is 79.9. The molecule has 0 bridgehead atoms. The Morgan fingerprint density at radius 1 is 1.55 bits per heavy atom.